The Labute approximate surface area is 166 Å². The second kappa shape index (κ2) is 9.50. The zero-order valence-corrected chi connectivity index (χ0v) is 15.9. The number of methoxy groups -OCH3 is 1. The van der Waals surface area contributed by atoms with Gasteiger partial charge in [-0.3, -0.25) is 9.59 Å². The van der Waals surface area contributed by atoms with Crippen molar-refractivity contribution < 1.29 is 19.1 Å². The first kappa shape index (κ1) is 20.1. The smallest absolute Gasteiger partial charge is 0.343 e. The Morgan fingerprint density at radius 2 is 1.86 bits per heavy atom. The summed E-state index contributed by atoms with van der Waals surface area (Å²) >= 11 is 0. The molecule has 2 N–H and O–H groups in total. The number of benzene rings is 2. The van der Waals surface area contributed by atoms with Gasteiger partial charge in [0, 0.05) is 18.5 Å². The van der Waals surface area contributed by atoms with E-state index in [1.54, 1.807) is 42.5 Å². The predicted octanol–water partition coefficient (Wildman–Crippen LogP) is 2.44. The molecule has 150 valence electrons. The van der Waals surface area contributed by atoms with Crippen LogP contribution in [0.4, 0.5) is 5.69 Å². The fraction of sp³-hybridized carbons (Fsp3) is 0.238. The van der Waals surface area contributed by atoms with Crippen molar-refractivity contribution in [3.63, 3.8) is 0 Å². The summed E-state index contributed by atoms with van der Waals surface area (Å²) in [6, 6.07) is 13.8. The standard InChI is InChI=1S/C21H21N3O5/c1-28-20(26)13-29-15-11-9-14(10-12-15)22-19(25)8-4-7-18-23-17-6-3-2-5-16(17)21(27)24-18/h2-3,5-6,9-12H,4,7-8,13H2,1H3,(H,22,25)(H,23,24,27). The average molecular weight is 395 g/mol. The first-order valence-corrected chi connectivity index (χ1v) is 9.12. The van der Waals surface area contributed by atoms with Crippen molar-refractivity contribution in [3.05, 3.63) is 64.7 Å². The number of aromatic nitrogens is 2. The number of hydrogen-bond donors (Lipinski definition) is 2. The molecule has 8 nitrogen and oxygen atoms in total. The number of esters is 1. The molecule has 8 heteroatoms. The number of amides is 1. The van der Waals surface area contributed by atoms with E-state index in [-0.39, 0.29) is 24.5 Å². The minimum absolute atomic E-state index is 0.142. The summed E-state index contributed by atoms with van der Waals surface area (Å²) in [6.45, 7) is -0.174. The van der Waals surface area contributed by atoms with Gasteiger partial charge in [-0.05, 0) is 42.8 Å². The van der Waals surface area contributed by atoms with Crippen LogP contribution < -0.4 is 15.6 Å². The molecule has 0 saturated heterocycles. The molecule has 0 aliphatic heterocycles. The molecule has 0 unspecified atom stereocenters. The molecule has 0 bridgehead atoms. The summed E-state index contributed by atoms with van der Waals surface area (Å²) in [4.78, 5) is 42.4. The molecular weight excluding hydrogens is 374 g/mol. The number of hydrogen-bond acceptors (Lipinski definition) is 6. The number of aromatic amines is 1. The molecule has 1 aromatic heterocycles. The van der Waals surface area contributed by atoms with Gasteiger partial charge in [0.2, 0.25) is 5.91 Å². The van der Waals surface area contributed by atoms with Crippen LogP contribution >= 0.6 is 0 Å². The second-order valence-corrected chi connectivity index (χ2v) is 6.32. The lowest BCUT2D eigenvalue weighted by Crippen LogP contribution is -2.14. The van der Waals surface area contributed by atoms with Gasteiger partial charge in [0.25, 0.3) is 5.56 Å². The zero-order chi connectivity index (χ0) is 20.6. The summed E-state index contributed by atoms with van der Waals surface area (Å²) in [6.07, 6.45) is 1.33. The first-order chi connectivity index (χ1) is 14.0. The Morgan fingerprint density at radius 1 is 1.10 bits per heavy atom. The van der Waals surface area contributed by atoms with Crippen LogP contribution in [0.3, 0.4) is 0 Å². The fourth-order valence-electron chi connectivity index (χ4n) is 2.73. The lowest BCUT2D eigenvalue weighted by atomic mass is 10.2. The van der Waals surface area contributed by atoms with E-state index in [4.69, 9.17) is 4.74 Å². The van der Waals surface area contributed by atoms with Gasteiger partial charge in [-0.1, -0.05) is 12.1 Å². The quantitative estimate of drug-likeness (QED) is 0.567. The Kier molecular flexibility index (Phi) is 6.57. The van der Waals surface area contributed by atoms with Gasteiger partial charge in [-0.2, -0.15) is 0 Å². The summed E-state index contributed by atoms with van der Waals surface area (Å²) in [5.41, 5.74) is 1.09. The Balaban J connectivity index is 1.47. The monoisotopic (exact) mass is 395 g/mol. The van der Waals surface area contributed by atoms with E-state index in [1.165, 1.54) is 7.11 Å². The second-order valence-electron chi connectivity index (χ2n) is 6.32. The summed E-state index contributed by atoms with van der Waals surface area (Å²) in [5, 5.41) is 3.34. The molecule has 0 atom stereocenters. The molecule has 1 amide bonds. The minimum atomic E-state index is -0.468. The number of carbonyl (C=O) groups excluding carboxylic acids is 2. The van der Waals surface area contributed by atoms with E-state index in [1.807, 2.05) is 6.07 Å². The summed E-state index contributed by atoms with van der Waals surface area (Å²) < 4.78 is 9.75. The van der Waals surface area contributed by atoms with E-state index < -0.39 is 5.97 Å². The minimum Gasteiger partial charge on any atom is -0.482 e. The maximum absolute atomic E-state index is 12.1. The number of H-pyrrole nitrogens is 1. The van der Waals surface area contributed by atoms with Crippen LogP contribution in [0, 0.1) is 0 Å². The molecule has 1 heterocycles. The number of nitrogens with one attached hydrogen (secondary N) is 2. The van der Waals surface area contributed by atoms with E-state index in [0.29, 0.717) is 41.0 Å². The predicted molar refractivity (Wildman–Crippen MR) is 108 cm³/mol. The van der Waals surface area contributed by atoms with Crippen molar-refractivity contribution in [2.45, 2.75) is 19.3 Å². The van der Waals surface area contributed by atoms with Gasteiger partial charge in [-0.25, -0.2) is 9.78 Å². The third-order valence-electron chi connectivity index (χ3n) is 4.20. The van der Waals surface area contributed by atoms with Crippen LogP contribution in [0.5, 0.6) is 5.75 Å². The molecule has 0 aliphatic carbocycles. The highest BCUT2D eigenvalue weighted by Crippen LogP contribution is 2.16. The topological polar surface area (TPSA) is 110 Å². The van der Waals surface area contributed by atoms with E-state index in [2.05, 4.69) is 20.0 Å². The van der Waals surface area contributed by atoms with E-state index in [0.717, 1.165) is 0 Å². The normalized spacial score (nSPS) is 10.5. The fourth-order valence-corrected chi connectivity index (χ4v) is 2.73. The molecule has 0 aliphatic rings. The number of carbonyl (C=O) groups is 2. The van der Waals surface area contributed by atoms with Gasteiger partial charge < -0.3 is 19.8 Å². The summed E-state index contributed by atoms with van der Waals surface area (Å²) in [7, 11) is 1.29. The molecule has 3 rings (SSSR count). The third-order valence-corrected chi connectivity index (χ3v) is 4.20. The highest BCUT2D eigenvalue weighted by Gasteiger charge is 2.07. The number of anilines is 1. The number of para-hydroxylation sites is 1. The highest BCUT2D eigenvalue weighted by atomic mass is 16.6. The van der Waals surface area contributed by atoms with Crippen LogP contribution in [-0.2, 0) is 20.7 Å². The Morgan fingerprint density at radius 3 is 2.62 bits per heavy atom. The summed E-state index contributed by atoms with van der Waals surface area (Å²) in [5.74, 6) is 0.453. The maximum Gasteiger partial charge on any atom is 0.343 e. The molecule has 0 radical (unpaired) electrons. The maximum atomic E-state index is 12.1. The first-order valence-electron chi connectivity index (χ1n) is 9.12. The average Bonchev–Trinajstić information content (AvgIpc) is 2.73. The zero-order valence-electron chi connectivity index (χ0n) is 15.9. The van der Waals surface area contributed by atoms with Crippen molar-refractivity contribution in [1.82, 2.24) is 9.97 Å². The molecule has 0 saturated carbocycles. The van der Waals surface area contributed by atoms with Crippen molar-refractivity contribution in [2.24, 2.45) is 0 Å². The van der Waals surface area contributed by atoms with Crippen molar-refractivity contribution >= 4 is 28.5 Å². The van der Waals surface area contributed by atoms with Crippen molar-refractivity contribution in [3.8, 4) is 5.75 Å². The number of nitrogens with zero attached hydrogens (tertiary/aromatic N) is 1. The largest absolute Gasteiger partial charge is 0.482 e. The van der Waals surface area contributed by atoms with Crippen LogP contribution in [0.1, 0.15) is 18.7 Å². The van der Waals surface area contributed by atoms with E-state index in [9.17, 15) is 14.4 Å². The molecule has 3 aromatic rings. The van der Waals surface area contributed by atoms with Crippen LogP contribution in [0.25, 0.3) is 10.9 Å². The van der Waals surface area contributed by atoms with Gasteiger partial charge >= 0.3 is 5.97 Å². The number of rotatable bonds is 8. The van der Waals surface area contributed by atoms with E-state index >= 15 is 0 Å². The van der Waals surface area contributed by atoms with Crippen LogP contribution in [0.15, 0.2) is 53.3 Å². The molecule has 0 spiro atoms. The SMILES string of the molecule is COC(=O)COc1ccc(NC(=O)CCCc2nc3ccccc3c(=O)[nH]2)cc1. The van der Waals surface area contributed by atoms with Gasteiger partial charge in [0.15, 0.2) is 6.61 Å². The Bertz CT molecular complexity index is 1060. The molecule has 2 aromatic carbocycles. The third kappa shape index (κ3) is 5.65. The molecular formula is C21H21N3O5. The lowest BCUT2D eigenvalue weighted by molar-refractivity contribution is -0.142. The molecule has 29 heavy (non-hydrogen) atoms. The number of fused-ring (bicyclic) bond motifs is 1. The van der Waals surface area contributed by atoms with Gasteiger partial charge in [0.1, 0.15) is 11.6 Å². The lowest BCUT2D eigenvalue weighted by Gasteiger charge is -2.08. The van der Waals surface area contributed by atoms with Gasteiger partial charge in [0.05, 0.1) is 18.0 Å². The van der Waals surface area contributed by atoms with Crippen molar-refractivity contribution in [1.29, 1.82) is 0 Å². The van der Waals surface area contributed by atoms with Crippen molar-refractivity contribution in [2.75, 3.05) is 19.0 Å². The Hall–Kier alpha value is -3.68. The van der Waals surface area contributed by atoms with Crippen LogP contribution in [-0.4, -0.2) is 35.6 Å². The number of aryl methyl sites for hydroxylation is 1. The highest BCUT2D eigenvalue weighted by molar-refractivity contribution is 5.90. The van der Waals surface area contributed by atoms with Crippen LogP contribution in [0.2, 0.25) is 0 Å². The number of ether oxygens (including phenoxy) is 2. The van der Waals surface area contributed by atoms with Gasteiger partial charge in [-0.15, -0.1) is 0 Å². The molecule has 0 fully saturated rings.